The van der Waals surface area contributed by atoms with Crippen LogP contribution in [0.15, 0.2) is 36.5 Å². The van der Waals surface area contributed by atoms with Gasteiger partial charge in [0.05, 0.1) is 12.1 Å². The molecule has 6 nitrogen and oxygen atoms in total. The Kier molecular flexibility index (Phi) is 5.91. The third-order valence-electron chi connectivity index (χ3n) is 3.57. The van der Waals surface area contributed by atoms with E-state index in [4.69, 9.17) is 9.84 Å². The zero-order chi connectivity index (χ0) is 21.1. The fourth-order valence-electron chi connectivity index (χ4n) is 2.19. The number of pyridine rings is 1. The van der Waals surface area contributed by atoms with Crippen LogP contribution in [0.4, 0.5) is 17.6 Å². The van der Waals surface area contributed by atoms with Crippen LogP contribution in [0, 0.1) is 5.82 Å². The van der Waals surface area contributed by atoms with E-state index < -0.39 is 40.8 Å². The molecule has 2 rings (SSSR count). The van der Waals surface area contributed by atoms with Crippen molar-refractivity contribution in [2.24, 2.45) is 0 Å². The van der Waals surface area contributed by atoms with Crippen LogP contribution in [-0.4, -0.2) is 34.1 Å². The second-order valence-corrected chi connectivity index (χ2v) is 6.40. The number of rotatable bonds is 6. The van der Waals surface area contributed by atoms with E-state index in [-0.39, 0.29) is 17.8 Å². The molecule has 0 aliphatic heterocycles. The van der Waals surface area contributed by atoms with Gasteiger partial charge in [-0.3, -0.25) is 9.78 Å². The van der Waals surface area contributed by atoms with E-state index >= 15 is 0 Å². The number of carboxylic acid groups (broad SMARTS) is 1. The highest BCUT2D eigenvalue weighted by Gasteiger charge is 2.37. The molecule has 28 heavy (non-hydrogen) atoms. The van der Waals surface area contributed by atoms with Crippen molar-refractivity contribution in [2.75, 3.05) is 6.54 Å². The first kappa shape index (κ1) is 21.1. The lowest BCUT2D eigenvalue weighted by atomic mass is 10.1. The number of alkyl halides is 3. The van der Waals surface area contributed by atoms with Gasteiger partial charge in [0, 0.05) is 6.20 Å². The highest BCUT2D eigenvalue weighted by molar-refractivity contribution is 5.93. The van der Waals surface area contributed by atoms with E-state index in [2.05, 4.69) is 10.3 Å². The van der Waals surface area contributed by atoms with Crippen molar-refractivity contribution in [3.8, 4) is 5.75 Å². The van der Waals surface area contributed by atoms with Crippen LogP contribution in [0.2, 0.25) is 0 Å². The van der Waals surface area contributed by atoms with Gasteiger partial charge in [-0.1, -0.05) is 6.07 Å². The number of benzene rings is 1. The summed E-state index contributed by atoms with van der Waals surface area (Å²) in [5, 5.41) is 11.2. The van der Waals surface area contributed by atoms with E-state index in [9.17, 15) is 27.2 Å². The largest absolute Gasteiger partial charge is 0.482 e. The first-order valence-electron chi connectivity index (χ1n) is 7.93. The van der Waals surface area contributed by atoms with Crippen molar-refractivity contribution in [1.82, 2.24) is 10.3 Å². The van der Waals surface area contributed by atoms with Gasteiger partial charge in [-0.25, -0.2) is 9.18 Å². The first-order chi connectivity index (χ1) is 12.9. The van der Waals surface area contributed by atoms with Crippen molar-refractivity contribution in [3.05, 3.63) is 59.2 Å². The van der Waals surface area contributed by atoms with Gasteiger partial charge < -0.3 is 15.2 Å². The predicted molar refractivity (Wildman–Crippen MR) is 89.6 cm³/mol. The zero-order valence-corrected chi connectivity index (χ0v) is 14.8. The lowest BCUT2D eigenvalue weighted by Gasteiger charge is -2.28. The van der Waals surface area contributed by atoms with Crippen molar-refractivity contribution in [1.29, 1.82) is 0 Å². The summed E-state index contributed by atoms with van der Waals surface area (Å²) in [7, 11) is 0. The summed E-state index contributed by atoms with van der Waals surface area (Å²) in [6.45, 7) is 2.49. The minimum Gasteiger partial charge on any atom is -0.482 e. The maximum atomic E-state index is 13.9. The van der Waals surface area contributed by atoms with Crippen LogP contribution in [0.25, 0.3) is 0 Å². The number of ether oxygens (including phenoxy) is 1. The van der Waals surface area contributed by atoms with E-state index in [0.29, 0.717) is 6.07 Å². The molecule has 1 heterocycles. The summed E-state index contributed by atoms with van der Waals surface area (Å²) >= 11 is 0. The number of nitrogens with zero attached hydrogens (tertiary/aromatic N) is 1. The second kappa shape index (κ2) is 7.83. The smallest absolute Gasteiger partial charge is 0.420 e. The molecule has 0 unspecified atom stereocenters. The number of para-hydroxylation sites is 1. The number of halogens is 4. The molecule has 0 saturated carbocycles. The Morgan fingerprint density at radius 1 is 1.18 bits per heavy atom. The molecule has 150 valence electrons. The van der Waals surface area contributed by atoms with Crippen LogP contribution >= 0.6 is 0 Å². The molecule has 1 aromatic carbocycles. The molecule has 0 radical (unpaired) electrons. The first-order valence-corrected chi connectivity index (χ1v) is 7.93. The van der Waals surface area contributed by atoms with Gasteiger partial charge in [-0.15, -0.1) is 0 Å². The molecule has 2 aromatic rings. The van der Waals surface area contributed by atoms with Gasteiger partial charge in [-0.05, 0) is 38.1 Å². The molecule has 0 atom stereocenters. The summed E-state index contributed by atoms with van der Waals surface area (Å²) < 4.78 is 58.3. The maximum absolute atomic E-state index is 13.9. The molecule has 0 fully saturated rings. The minimum absolute atomic E-state index is 0.0947. The van der Waals surface area contributed by atoms with Crippen LogP contribution in [0.5, 0.6) is 5.75 Å². The highest BCUT2D eigenvalue weighted by atomic mass is 19.4. The fourth-order valence-corrected chi connectivity index (χ4v) is 2.19. The molecule has 0 bridgehead atoms. The van der Waals surface area contributed by atoms with E-state index in [1.807, 2.05) is 0 Å². The van der Waals surface area contributed by atoms with Gasteiger partial charge in [0.2, 0.25) is 0 Å². The van der Waals surface area contributed by atoms with Crippen LogP contribution < -0.4 is 10.1 Å². The number of carbonyl (C=O) groups is 2. The quantitative estimate of drug-likeness (QED) is 0.725. The Morgan fingerprint density at radius 3 is 2.39 bits per heavy atom. The Bertz CT molecular complexity index is 880. The summed E-state index contributed by atoms with van der Waals surface area (Å²) in [5.74, 6) is -4.05. The van der Waals surface area contributed by atoms with E-state index in [1.165, 1.54) is 26.0 Å². The number of hydrogen-bond donors (Lipinski definition) is 2. The summed E-state index contributed by atoms with van der Waals surface area (Å²) in [6, 6.07) is 4.83. The standard InChI is InChI=1S/C18H16F4N2O4/c1-17(2,28-14-11(18(20,21)22)4-3-5-12(14)19)9-24-15(25)13-7-6-10(8-23-13)16(26)27/h3-8H,9H2,1-2H3,(H,24,25)(H,26,27). The SMILES string of the molecule is CC(C)(CNC(=O)c1ccc(C(=O)O)cn1)Oc1c(F)cccc1C(F)(F)F. The third-order valence-corrected chi connectivity index (χ3v) is 3.57. The average molecular weight is 400 g/mol. The summed E-state index contributed by atoms with van der Waals surface area (Å²) in [6.07, 6.45) is -3.82. The monoisotopic (exact) mass is 400 g/mol. The predicted octanol–water partition coefficient (Wildman–Crippen LogP) is 3.53. The van der Waals surface area contributed by atoms with Crippen LogP contribution in [0.1, 0.15) is 40.3 Å². The second-order valence-electron chi connectivity index (χ2n) is 6.40. The van der Waals surface area contributed by atoms with Gasteiger partial charge >= 0.3 is 12.1 Å². The number of carboxylic acids is 1. The van der Waals surface area contributed by atoms with Crippen molar-refractivity contribution < 1.29 is 37.0 Å². The number of hydrogen-bond acceptors (Lipinski definition) is 4. The molecule has 1 amide bonds. The van der Waals surface area contributed by atoms with Crippen molar-refractivity contribution in [3.63, 3.8) is 0 Å². The molecular formula is C18H16F4N2O4. The Balaban J connectivity index is 2.10. The van der Waals surface area contributed by atoms with Gasteiger partial charge in [0.25, 0.3) is 5.91 Å². The number of carbonyl (C=O) groups excluding carboxylic acids is 1. The molecule has 0 aliphatic carbocycles. The van der Waals surface area contributed by atoms with E-state index in [0.717, 1.165) is 18.3 Å². The lowest BCUT2D eigenvalue weighted by Crippen LogP contribution is -2.43. The summed E-state index contributed by atoms with van der Waals surface area (Å²) in [4.78, 5) is 26.6. The molecule has 1 aromatic heterocycles. The molecule has 0 spiro atoms. The highest BCUT2D eigenvalue weighted by Crippen LogP contribution is 2.38. The van der Waals surface area contributed by atoms with Crippen molar-refractivity contribution >= 4 is 11.9 Å². The van der Waals surface area contributed by atoms with Gasteiger partial charge in [0.15, 0.2) is 11.6 Å². The van der Waals surface area contributed by atoms with Gasteiger partial charge in [-0.2, -0.15) is 13.2 Å². The van der Waals surface area contributed by atoms with Crippen LogP contribution in [-0.2, 0) is 6.18 Å². The summed E-state index contributed by atoms with van der Waals surface area (Å²) in [5.41, 5.74) is -2.86. The Labute approximate surface area is 157 Å². The Hall–Kier alpha value is -3.17. The number of aromatic carboxylic acids is 1. The molecular weight excluding hydrogens is 384 g/mol. The average Bonchev–Trinajstić information content (AvgIpc) is 2.60. The van der Waals surface area contributed by atoms with E-state index in [1.54, 1.807) is 0 Å². The fraction of sp³-hybridized carbons (Fsp3) is 0.278. The number of aromatic nitrogens is 1. The van der Waals surface area contributed by atoms with Gasteiger partial charge in [0.1, 0.15) is 16.9 Å². The normalized spacial score (nSPS) is 11.8. The number of amides is 1. The molecule has 0 aliphatic rings. The molecule has 2 N–H and O–H groups in total. The number of nitrogens with one attached hydrogen (secondary N) is 1. The van der Waals surface area contributed by atoms with Crippen molar-refractivity contribution in [2.45, 2.75) is 25.6 Å². The zero-order valence-electron chi connectivity index (χ0n) is 14.8. The molecule has 10 heteroatoms. The third kappa shape index (κ3) is 5.18. The Morgan fingerprint density at radius 2 is 1.86 bits per heavy atom. The lowest BCUT2D eigenvalue weighted by molar-refractivity contribution is -0.140. The topological polar surface area (TPSA) is 88.5 Å². The van der Waals surface area contributed by atoms with Crippen LogP contribution in [0.3, 0.4) is 0 Å². The minimum atomic E-state index is -4.81. The maximum Gasteiger partial charge on any atom is 0.420 e. The molecule has 0 saturated heterocycles.